The minimum atomic E-state index is -0.284. The SMILES string of the molecule is Cc1ccsc1C1CC(=O)Oc2c1c(=O)n(C)c1ccccc21. The van der Waals surface area contributed by atoms with E-state index in [2.05, 4.69) is 0 Å². The van der Waals surface area contributed by atoms with Gasteiger partial charge in [0.1, 0.15) is 5.75 Å². The Balaban J connectivity index is 2.10. The number of fused-ring (bicyclic) bond motifs is 3. The van der Waals surface area contributed by atoms with Crippen LogP contribution in [0.5, 0.6) is 5.75 Å². The predicted molar refractivity (Wildman–Crippen MR) is 90.3 cm³/mol. The van der Waals surface area contributed by atoms with Crippen LogP contribution in [0.3, 0.4) is 0 Å². The lowest BCUT2D eigenvalue weighted by Crippen LogP contribution is -2.31. The molecule has 3 heterocycles. The van der Waals surface area contributed by atoms with Crippen molar-refractivity contribution in [1.82, 2.24) is 4.57 Å². The van der Waals surface area contributed by atoms with Gasteiger partial charge >= 0.3 is 5.97 Å². The summed E-state index contributed by atoms with van der Waals surface area (Å²) >= 11 is 1.59. The molecule has 0 spiro atoms. The van der Waals surface area contributed by atoms with Gasteiger partial charge in [0.15, 0.2) is 0 Å². The molecule has 3 aromatic rings. The zero-order valence-electron chi connectivity index (χ0n) is 12.8. The van der Waals surface area contributed by atoms with Gasteiger partial charge in [-0.2, -0.15) is 0 Å². The Morgan fingerprint density at radius 1 is 1.22 bits per heavy atom. The second kappa shape index (κ2) is 5.06. The molecular formula is C18H15NO3S. The van der Waals surface area contributed by atoms with E-state index in [0.717, 1.165) is 21.3 Å². The Kier molecular flexibility index (Phi) is 3.13. The molecule has 0 fully saturated rings. The normalized spacial score (nSPS) is 17.1. The third kappa shape index (κ3) is 2.04. The van der Waals surface area contributed by atoms with Crippen LogP contribution in [0.15, 0.2) is 40.5 Å². The molecule has 0 amide bonds. The van der Waals surface area contributed by atoms with Crippen LogP contribution in [0, 0.1) is 6.92 Å². The average Bonchev–Trinajstić information content (AvgIpc) is 2.97. The highest BCUT2D eigenvalue weighted by Gasteiger charge is 2.34. The second-order valence-electron chi connectivity index (χ2n) is 5.82. The van der Waals surface area contributed by atoms with Gasteiger partial charge in [-0.05, 0) is 36.1 Å². The summed E-state index contributed by atoms with van der Waals surface area (Å²) in [5, 5.41) is 2.80. The Bertz CT molecular complexity index is 999. The Labute approximate surface area is 136 Å². The molecule has 1 aliphatic heterocycles. The standard InChI is InChI=1S/C18H15NO3S/c1-10-7-8-23-17(10)12-9-14(20)22-16-11-5-3-4-6-13(11)19(2)18(21)15(12)16/h3-8,12H,9H2,1-2H3. The Hall–Kier alpha value is -2.40. The number of nitrogens with zero attached hydrogens (tertiary/aromatic N) is 1. The summed E-state index contributed by atoms with van der Waals surface area (Å²) in [5.41, 5.74) is 2.38. The quantitative estimate of drug-likeness (QED) is 0.645. The molecule has 0 radical (unpaired) electrons. The Morgan fingerprint density at radius 2 is 2.00 bits per heavy atom. The van der Waals surface area contributed by atoms with Crippen LogP contribution in [0.2, 0.25) is 0 Å². The van der Waals surface area contributed by atoms with Gasteiger partial charge in [0, 0.05) is 23.2 Å². The number of para-hydroxylation sites is 1. The van der Waals surface area contributed by atoms with Gasteiger partial charge in [-0.3, -0.25) is 9.59 Å². The monoisotopic (exact) mass is 325 g/mol. The number of pyridine rings is 1. The number of rotatable bonds is 1. The van der Waals surface area contributed by atoms with Gasteiger partial charge in [0.05, 0.1) is 17.5 Å². The van der Waals surface area contributed by atoms with Crippen LogP contribution in [0.25, 0.3) is 10.9 Å². The van der Waals surface area contributed by atoms with E-state index in [1.165, 1.54) is 0 Å². The lowest BCUT2D eigenvalue weighted by molar-refractivity contribution is -0.135. The van der Waals surface area contributed by atoms with Gasteiger partial charge in [0.2, 0.25) is 0 Å². The van der Waals surface area contributed by atoms with Crippen LogP contribution in [0.4, 0.5) is 0 Å². The molecule has 4 rings (SSSR count). The van der Waals surface area contributed by atoms with E-state index in [4.69, 9.17) is 4.74 Å². The first-order chi connectivity index (χ1) is 11.1. The van der Waals surface area contributed by atoms with Crippen molar-refractivity contribution in [3.05, 3.63) is 62.1 Å². The van der Waals surface area contributed by atoms with E-state index in [1.54, 1.807) is 23.0 Å². The fourth-order valence-electron chi connectivity index (χ4n) is 3.30. The van der Waals surface area contributed by atoms with E-state index < -0.39 is 0 Å². The van der Waals surface area contributed by atoms with Crippen molar-refractivity contribution in [3.63, 3.8) is 0 Å². The fraction of sp³-hybridized carbons (Fsp3) is 0.222. The number of hydrogen-bond donors (Lipinski definition) is 0. The third-order valence-corrected chi connectivity index (χ3v) is 5.58. The summed E-state index contributed by atoms with van der Waals surface area (Å²) in [4.78, 5) is 26.1. The van der Waals surface area contributed by atoms with Gasteiger partial charge in [-0.1, -0.05) is 12.1 Å². The summed E-state index contributed by atoms with van der Waals surface area (Å²) in [6.45, 7) is 2.01. The van der Waals surface area contributed by atoms with Gasteiger partial charge in [-0.25, -0.2) is 0 Å². The van der Waals surface area contributed by atoms with Gasteiger partial charge in [-0.15, -0.1) is 11.3 Å². The molecule has 2 aromatic heterocycles. The van der Waals surface area contributed by atoms with Crippen LogP contribution >= 0.6 is 11.3 Å². The van der Waals surface area contributed by atoms with Crippen molar-refractivity contribution in [1.29, 1.82) is 0 Å². The van der Waals surface area contributed by atoms with E-state index >= 15 is 0 Å². The topological polar surface area (TPSA) is 48.3 Å². The van der Waals surface area contributed by atoms with Crippen molar-refractivity contribution in [3.8, 4) is 5.75 Å². The van der Waals surface area contributed by atoms with Crippen molar-refractivity contribution >= 4 is 28.2 Å². The van der Waals surface area contributed by atoms with Crippen LogP contribution in [0.1, 0.15) is 28.3 Å². The maximum atomic E-state index is 12.9. The average molecular weight is 325 g/mol. The van der Waals surface area contributed by atoms with E-state index in [-0.39, 0.29) is 23.9 Å². The van der Waals surface area contributed by atoms with Gasteiger partial charge < -0.3 is 9.30 Å². The first-order valence-electron chi connectivity index (χ1n) is 7.44. The molecule has 0 saturated carbocycles. The third-order valence-electron chi connectivity index (χ3n) is 4.44. The van der Waals surface area contributed by atoms with Crippen LogP contribution in [-0.4, -0.2) is 10.5 Å². The highest BCUT2D eigenvalue weighted by Crippen LogP contribution is 2.42. The molecule has 0 aliphatic carbocycles. The fourth-order valence-corrected chi connectivity index (χ4v) is 4.34. The van der Waals surface area contributed by atoms with Crippen LogP contribution < -0.4 is 10.3 Å². The predicted octanol–water partition coefficient (Wildman–Crippen LogP) is 3.35. The number of carbonyl (C=O) groups is 1. The summed E-state index contributed by atoms with van der Waals surface area (Å²) in [7, 11) is 1.76. The second-order valence-corrected chi connectivity index (χ2v) is 6.77. The molecule has 5 heteroatoms. The zero-order chi connectivity index (χ0) is 16.1. The highest BCUT2D eigenvalue weighted by atomic mass is 32.1. The summed E-state index contributed by atoms with van der Waals surface area (Å²) in [6.07, 6.45) is 0.210. The van der Waals surface area contributed by atoms with E-state index in [1.807, 2.05) is 42.6 Å². The minimum absolute atomic E-state index is 0.0935. The van der Waals surface area contributed by atoms with Crippen molar-refractivity contribution in [2.75, 3.05) is 0 Å². The number of thiophene rings is 1. The molecule has 1 atom stereocenters. The van der Waals surface area contributed by atoms with Crippen molar-refractivity contribution in [2.24, 2.45) is 7.05 Å². The molecule has 23 heavy (non-hydrogen) atoms. The first-order valence-corrected chi connectivity index (χ1v) is 8.32. The zero-order valence-corrected chi connectivity index (χ0v) is 13.6. The largest absolute Gasteiger partial charge is 0.425 e. The number of benzene rings is 1. The molecule has 0 N–H and O–H groups in total. The smallest absolute Gasteiger partial charge is 0.312 e. The molecular weight excluding hydrogens is 310 g/mol. The molecule has 1 unspecified atom stereocenters. The lowest BCUT2D eigenvalue weighted by atomic mass is 9.89. The Morgan fingerprint density at radius 3 is 2.74 bits per heavy atom. The molecule has 1 aromatic carbocycles. The maximum absolute atomic E-state index is 12.9. The number of aromatic nitrogens is 1. The first kappa shape index (κ1) is 14.2. The number of ether oxygens (including phenoxy) is 1. The van der Waals surface area contributed by atoms with Crippen LogP contribution in [-0.2, 0) is 11.8 Å². The molecule has 0 saturated heterocycles. The minimum Gasteiger partial charge on any atom is -0.425 e. The van der Waals surface area contributed by atoms with Crippen molar-refractivity contribution < 1.29 is 9.53 Å². The summed E-state index contributed by atoms with van der Waals surface area (Å²) in [5.74, 6) is -0.0824. The summed E-state index contributed by atoms with van der Waals surface area (Å²) < 4.78 is 7.14. The lowest BCUT2D eigenvalue weighted by Gasteiger charge is -2.25. The number of aryl methyl sites for hydroxylation is 2. The van der Waals surface area contributed by atoms with E-state index in [0.29, 0.717) is 11.3 Å². The maximum Gasteiger partial charge on any atom is 0.312 e. The number of carbonyl (C=O) groups excluding carboxylic acids is 1. The molecule has 1 aliphatic rings. The summed E-state index contributed by atoms with van der Waals surface area (Å²) in [6, 6.07) is 9.54. The molecule has 4 nitrogen and oxygen atoms in total. The molecule has 116 valence electrons. The number of esters is 1. The van der Waals surface area contributed by atoms with Crippen molar-refractivity contribution in [2.45, 2.75) is 19.3 Å². The van der Waals surface area contributed by atoms with E-state index in [9.17, 15) is 9.59 Å². The number of hydrogen-bond acceptors (Lipinski definition) is 4. The van der Waals surface area contributed by atoms with Gasteiger partial charge in [0.25, 0.3) is 5.56 Å². The highest BCUT2D eigenvalue weighted by molar-refractivity contribution is 7.10. The molecule has 0 bridgehead atoms.